The Morgan fingerprint density at radius 2 is 2.05 bits per heavy atom. The third-order valence-corrected chi connectivity index (χ3v) is 4.76. The van der Waals surface area contributed by atoms with Crippen molar-refractivity contribution in [1.29, 1.82) is 0 Å². The first-order valence-electron chi connectivity index (χ1n) is 5.26. The summed E-state index contributed by atoms with van der Waals surface area (Å²) in [5.41, 5.74) is 2.10. The second kappa shape index (κ2) is 6.61. The third-order valence-electron chi connectivity index (χ3n) is 2.18. The van der Waals surface area contributed by atoms with Crippen molar-refractivity contribution in [2.45, 2.75) is 17.9 Å². The maximum atomic E-state index is 11.6. The van der Waals surface area contributed by atoms with Gasteiger partial charge in [0.25, 0.3) is 0 Å². The summed E-state index contributed by atoms with van der Waals surface area (Å²) in [7, 11) is 0. The number of rotatable bonds is 3. The molecule has 2 rings (SSSR count). The number of hydrogen-bond donors (Lipinski definition) is 0. The van der Waals surface area contributed by atoms with Crippen molar-refractivity contribution in [3.8, 4) is 0 Å². The van der Waals surface area contributed by atoms with E-state index in [1.54, 1.807) is 0 Å². The van der Waals surface area contributed by atoms with Crippen LogP contribution >= 0.6 is 46.3 Å². The molecule has 0 aliphatic carbocycles. The summed E-state index contributed by atoms with van der Waals surface area (Å²) >= 11 is 13.5. The molecule has 0 unspecified atom stereocenters. The number of thioether (sulfide) groups is 1. The van der Waals surface area contributed by atoms with Crippen LogP contribution in [0.4, 0.5) is 4.79 Å². The van der Waals surface area contributed by atoms with Gasteiger partial charge in [-0.1, -0.05) is 64.4 Å². The number of carbonyl (C=O) groups excluding carboxylic acids is 1. The molecule has 0 spiro atoms. The van der Waals surface area contributed by atoms with E-state index >= 15 is 0 Å². The summed E-state index contributed by atoms with van der Waals surface area (Å²) < 4.78 is 5.97. The van der Waals surface area contributed by atoms with Crippen molar-refractivity contribution in [3.63, 3.8) is 0 Å². The number of ether oxygens (including phenoxy) is 1. The van der Waals surface area contributed by atoms with Gasteiger partial charge < -0.3 is 4.74 Å². The molecule has 0 aliphatic rings. The van der Waals surface area contributed by atoms with Gasteiger partial charge in [0.2, 0.25) is 0 Å². The van der Waals surface area contributed by atoms with Gasteiger partial charge in [-0.25, -0.2) is 9.78 Å². The minimum atomic E-state index is -0.428. The van der Waals surface area contributed by atoms with Crippen LogP contribution in [-0.2, 0) is 11.3 Å². The van der Waals surface area contributed by atoms with E-state index in [1.165, 1.54) is 0 Å². The van der Waals surface area contributed by atoms with E-state index in [2.05, 4.69) is 4.98 Å². The number of carbonyl (C=O) groups is 1. The zero-order chi connectivity index (χ0) is 13.8. The molecule has 0 radical (unpaired) electrons. The fourth-order valence-corrected chi connectivity index (χ4v) is 3.37. The fraction of sp³-hybridized carbons (Fsp3) is 0.167. The molecule has 0 aliphatic heterocycles. The van der Waals surface area contributed by atoms with Crippen molar-refractivity contribution < 1.29 is 9.53 Å². The maximum Gasteiger partial charge on any atom is 0.374 e. The molecule has 1 heterocycles. The Morgan fingerprint density at radius 1 is 1.37 bits per heavy atom. The molecule has 3 nitrogen and oxygen atoms in total. The van der Waals surface area contributed by atoms with Crippen LogP contribution in [0.1, 0.15) is 11.1 Å². The summed E-state index contributed by atoms with van der Waals surface area (Å²) in [6.45, 7) is 2.24. The first-order chi connectivity index (χ1) is 9.04. The molecular formula is C12H9Cl2NO2S2. The van der Waals surface area contributed by atoms with E-state index in [9.17, 15) is 4.79 Å². The standard InChI is InChI=1S/C12H9Cl2NO2S2/c1-7-2-4-8(5-3-7)6-17-12(16)19-11-15-9(13)10(14)18-11/h2-5H,6H2,1H3. The smallest absolute Gasteiger partial charge is 0.374 e. The number of aromatic nitrogens is 1. The average molecular weight is 334 g/mol. The Labute approximate surface area is 128 Å². The minimum Gasteiger partial charge on any atom is -0.452 e. The van der Waals surface area contributed by atoms with Crippen LogP contribution in [0.3, 0.4) is 0 Å². The predicted octanol–water partition coefficient (Wildman–Crippen LogP) is 5.19. The van der Waals surface area contributed by atoms with Gasteiger partial charge in [0.15, 0.2) is 9.49 Å². The number of halogens is 2. The highest BCUT2D eigenvalue weighted by Crippen LogP contribution is 2.34. The highest BCUT2D eigenvalue weighted by Gasteiger charge is 2.13. The fourth-order valence-electron chi connectivity index (χ4n) is 1.24. The Kier molecular flexibility index (Phi) is 5.10. The van der Waals surface area contributed by atoms with E-state index in [-0.39, 0.29) is 11.8 Å². The lowest BCUT2D eigenvalue weighted by atomic mass is 10.2. The van der Waals surface area contributed by atoms with Gasteiger partial charge in [-0.2, -0.15) is 0 Å². The summed E-state index contributed by atoms with van der Waals surface area (Å²) in [6.07, 6.45) is 0. The lowest BCUT2D eigenvalue weighted by molar-refractivity contribution is 0.168. The summed E-state index contributed by atoms with van der Waals surface area (Å²) in [4.78, 5) is 15.5. The van der Waals surface area contributed by atoms with Gasteiger partial charge in [-0.15, -0.1) is 0 Å². The number of benzene rings is 1. The molecular weight excluding hydrogens is 325 g/mol. The van der Waals surface area contributed by atoms with Crippen molar-refractivity contribution in [3.05, 3.63) is 44.9 Å². The van der Waals surface area contributed by atoms with Crippen LogP contribution in [0.2, 0.25) is 9.49 Å². The molecule has 0 amide bonds. The lowest BCUT2D eigenvalue weighted by Crippen LogP contribution is -1.97. The summed E-state index contributed by atoms with van der Waals surface area (Å²) in [6, 6.07) is 7.78. The van der Waals surface area contributed by atoms with Gasteiger partial charge in [-0.3, -0.25) is 0 Å². The summed E-state index contributed by atoms with van der Waals surface area (Å²) in [5, 5.41) is -0.219. The van der Waals surface area contributed by atoms with E-state index in [4.69, 9.17) is 27.9 Å². The second-order valence-electron chi connectivity index (χ2n) is 3.67. The Bertz CT molecular complexity index is 564. The van der Waals surface area contributed by atoms with Crippen molar-refractivity contribution >= 4 is 51.6 Å². The first kappa shape index (κ1) is 14.7. The van der Waals surface area contributed by atoms with Gasteiger partial charge in [0, 0.05) is 11.8 Å². The molecule has 19 heavy (non-hydrogen) atoms. The van der Waals surface area contributed by atoms with Crippen LogP contribution < -0.4 is 0 Å². The van der Waals surface area contributed by atoms with Gasteiger partial charge in [0.1, 0.15) is 10.9 Å². The van der Waals surface area contributed by atoms with E-state index < -0.39 is 5.30 Å². The quantitative estimate of drug-likeness (QED) is 0.572. The Hall–Kier alpha value is -0.750. The Morgan fingerprint density at radius 3 is 2.63 bits per heavy atom. The van der Waals surface area contributed by atoms with Gasteiger partial charge in [0.05, 0.1) is 0 Å². The van der Waals surface area contributed by atoms with Crippen molar-refractivity contribution in [2.24, 2.45) is 0 Å². The van der Waals surface area contributed by atoms with E-state index in [1.807, 2.05) is 31.2 Å². The first-order valence-corrected chi connectivity index (χ1v) is 7.65. The maximum absolute atomic E-state index is 11.6. The molecule has 100 valence electrons. The van der Waals surface area contributed by atoms with Crippen LogP contribution in [0.25, 0.3) is 0 Å². The van der Waals surface area contributed by atoms with E-state index in [0.29, 0.717) is 8.68 Å². The lowest BCUT2D eigenvalue weighted by Gasteiger charge is -2.03. The second-order valence-corrected chi connectivity index (χ2v) is 6.81. The predicted molar refractivity (Wildman–Crippen MR) is 79.4 cm³/mol. The molecule has 0 N–H and O–H groups in total. The van der Waals surface area contributed by atoms with Crippen LogP contribution in [0, 0.1) is 6.92 Å². The van der Waals surface area contributed by atoms with Crippen LogP contribution in [0.15, 0.2) is 28.6 Å². The van der Waals surface area contributed by atoms with Gasteiger partial charge in [-0.05, 0) is 12.5 Å². The summed E-state index contributed by atoms with van der Waals surface area (Å²) in [5.74, 6) is 0. The molecule has 0 bridgehead atoms. The highest BCUT2D eigenvalue weighted by molar-refractivity contribution is 8.14. The van der Waals surface area contributed by atoms with Crippen molar-refractivity contribution in [2.75, 3.05) is 0 Å². The normalized spacial score (nSPS) is 10.5. The number of aryl methyl sites for hydroxylation is 1. The Balaban J connectivity index is 1.86. The zero-order valence-electron chi connectivity index (χ0n) is 9.85. The van der Waals surface area contributed by atoms with Crippen LogP contribution in [0.5, 0.6) is 0 Å². The van der Waals surface area contributed by atoms with E-state index in [0.717, 1.165) is 34.2 Å². The topological polar surface area (TPSA) is 39.2 Å². The molecule has 0 saturated heterocycles. The molecule has 0 fully saturated rings. The van der Waals surface area contributed by atoms with Crippen LogP contribution in [-0.4, -0.2) is 10.3 Å². The molecule has 0 atom stereocenters. The molecule has 7 heteroatoms. The molecule has 2 aromatic rings. The van der Waals surface area contributed by atoms with Gasteiger partial charge >= 0.3 is 5.30 Å². The van der Waals surface area contributed by atoms with Crippen molar-refractivity contribution in [1.82, 2.24) is 4.98 Å². The molecule has 1 aromatic heterocycles. The SMILES string of the molecule is Cc1ccc(COC(=O)Sc2nc(Cl)c(Cl)s2)cc1. The number of hydrogen-bond acceptors (Lipinski definition) is 5. The monoisotopic (exact) mass is 333 g/mol. The minimum absolute atomic E-state index is 0.209. The number of nitrogens with zero attached hydrogens (tertiary/aromatic N) is 1. The number of thiazole rings is 1. The largest absolute Gasteiger partial charge is 0.452 e. The average Bonchev–Trinajstić information content (AvgIpc) is 2.67. The highest BCUT2D eigenvalue weighted by atomic mass is 35.5. The third kappa shape index (κ3) is 4.38. The molecule has 1 aromatic carbocycles. The molecule has 0 saturated carbocycles. The zero-order valence-corrected chi connectivity index (χ0v) is 13.0.